The summed E-state index contributed by atoms with van der Waals surface area (Å²) in [5.41, 5.74) is 2.17. The van der Waals surface area contributed by atoms with Crippen molar-refractivity contribution in [3.63, 3.8) is 0 Å². The fourth-order valence-corrected chi connectivity index (χ4v) is 3.03. The number of aryl methyl sites for hydroxylation is 1. The summed E-state index contributed by atoms with van der Waals surface area (Å²) in [5.74, 6) is -0.472. The minimum absolute atomic E-state index is 0.329. The number of piperidine rings is 1. The van der Waals surface area contributed by atoms with Crippen LogP contribution in [0.5, 0.6) is 0 Å². The number of furan rings is 1. The summed E-state index contributed by atoms with van der Waals surface area (Å²) in [7, 11) is 0. The second-order valence-corrected chi connectivity index (χ2v) is 6.52. The van der Waals surface area contributed by atoms with Gasteiger partial charge in [-0.3, -0.25) is 4.79 Å². The van der Waals surface area contributed by atoms with Crippen LogP contribution in [0, 0.1) is 6.92 Å². The van der Waals surface area contributed by atoms with Crippen molar-refractivity contribution in [3.05, 3.63) is 47.9 Å². The molecule has 0 aliphatic carbocycles. The maximum Gasteiger partial charge on any atom is 0.342 e. The number of amides is 1. The van der Waals surface area contributed by atoms with Crippen LogP contribution in [0.4, 0.5) is 11.4 Å². The van der Waals surface area contributed by atoms with E-state index in [9.17, 15) is 9.59 Å². The first-order valence-electron chi connectivity index (χ1n) is 8.95. The Bertz CT molecular complexity index is 760. The molecular formula is C20H24N2O4. The molecule has 1 fully saturated rings. The van der Waals surface area contributed by atoms with Gasteiger partial charge in [0.25, 0.3) is 5.91 Å². The highest BCUT2D eigenvalue weighted by atomic mass is 16.5. The average molecular weight is 356 g/mol. The zero-order chi connectivity index (χ0) is 18.5. The lowest BCUT2D eigenvalue weighted by Crippen LogP contribution is -2.30. The third-order valence-electron chi connectivity index (χ3n) is 4.59. The Morgan fingerprint density at radius 3 is 2.42 bits per heavy atom. The van der Waals surface area contributed by atoms with Gasteiger partial charge in [0, 0.05) is 24.5 Å². The SMILES string of the molecule is Cc1occc1C(=O)O[C@@H](C)C(=O)Nc1ccc(N2CCCCC2)cc1. The molecule has 1 aromatic carbocycles. The van der Waals surface area contributed by atoms with E-state index in [1.54, 1.807) is 13.8 Å². The largest absolute Gasteiger partial charge is 0.469 e. The number of anilines is 2. The van der Waals surface area contributed by atoms with Crippen LogP contribution in [0.15, 0.2) is 41.0 Å². The molecule has 6 nitrogen and oxygen atoms in total. The maximum absolute atomic E-state index is 12.3. The summed E-state index contributed by atoms with van der Waals surface area (Å²) in [5, 5.41) is 2.78. The predicted molar refractivity (Wildman–Crippen MR) is 99.5 cm³/mol. The lowest BCUT2D eigenvalue weighted by Gasteiger charge is -2.28. The second kappa shape index (κ2) is 8.08. The summed E-state index contributed by atoms with van der Waals surface area (Å²) >= 11 is 0. The van der Waals surface area contributed by atoms with Crippen molar-refractivity contribution in [1.82, 2.24) is 0 Å². The molecular weight excluding hydrogens is 332 g/mol. The molecule has 2 aromatic rings. The molecule has 2 heterocycles. The van der Waals surface area contributed by atoms with Gasteiger partial charge >= 0.3 is 5.97 Å². The molecule has 1 aromatic heterocycles. The van der Waals surface area contributed by atoms with E-state index >= 15 is 0 Å². The standard InChI is InChI=1S/C20H24N2O4/c1-14-18(10-13-25-14)20(24)26-15(2)19(23)21-16-6-8-17(9-7-16)22-11-4-3-5-12-22/h6-10,13,15H,3-5,11-12H2,1-2H3,(H,21,23)/t15-/m0/s1. The molecule has 0 bridgehead atoms. The lowest BCUT2D eigenvalue weighted by molar-refractivity contribution is -0.123. The molecule has 3 rings (SSSR count). The molecule has 0 unspecified atom stereocenters. The number of esters is 1. The number of nitrogens with one attached hydrogen (secondary N) is 1. The van der Waals surface area contributed by atoms with E-state index in [2.05, 4.69) is 10.2 Å². The molecule has 1 saturated heterocycles. The molecule has 1 aliphatic heterocycles. The molecule has 0 saturated carbocycles. The molecule has 26 heavy (non-hydrogen) atoms. The first-order valence-corrected chi connectivity index (χ1v) is 8.95. The number of nitrogens with zero attached hydrogens (tertiary/aromatic N) is 1. The molecule has 138 valence electrons. The zero-order valence-electron chi connectivity index (χ0n) is 15.2. The number of carbonyl (C=O) groups excluding carboxylic acids is 2. The zero-order valence-corrected chi connectivity index (χ0v) is 15.2. The van der Waals surface area contributed by atoms with Crippen molar-refractivity contribution in [2.45, 2.75) is 39.2 Å². The molecule has 6 heteroatoms. The van der Waals surface area contributed by atoms with Crippen molar-refractivity contribution >= 4 is 23.3 Å². The minimum atomic E-state index is -0.904. The van der Waals surface area contributed by atoms with Crippen LogP contribution in [-0.4, -0.2) is 31.1 Å². The third-order valence-corrected chi connectivity index (χ3v) is 4.59. The topological polar surface area (TPSA) is 71.8 Å². The van der Waals surface area contributed by atoms with E-state index < -0.39 is 12.1 Å². The highest BCUT2D eigenvalue weighted by Crippen LogP contribution is 2.22. The van der Waals surface area contributed by atoms with Crippen LogP contribution in [-0.2, 0) is 9.53 Å². The number of hydrogen-bond donors (Lipinski definition) is 1. The average Bonchev–Trinajstić information content (AvgIpc) is 3.09. The molecule has 1 aliphatic rings. The molecule has 1 atom stereocenters. The van der Waals surface area contributed by atoms with Gasteiger partial charge in [0.2, 0.25) is 0 Å². The van der Waals surface area contributed by atoms with Crippen LogP contribution >= 0.6 is 0 Å². The Morgan fingerprint density at radius 1 is 1.12 bits per heavy atom. The Morgan fingerprint density at radius 2 is 1.81 bits per heavy atom. The fraction of sp³-hybridized carbons (Fsp3) is 0.400. The van der Waals surface area contributed by atoms with Gasteiger partial charge in [-0.25, -0.2) is 4.79 Å². The number of hydrogen-bond acceptors (Lipinski definition) is 5. The fourth-order valence-electron chi connectivity index (χ4n) is 3.03. The van der Waals surface area contributed by atoms with E-state index in [0.29, 0.717) is 17.0 Å². The summed E-state index contributed by atoms with van der Waals surface area (Å²) in [6, 6.07) is 9.29. The van der Waals surface area contributed by atoms with Crippen LogP contribution in [0.3, 0.4) is 0 Å². The van der Waals surface area contributed by atoms with Crippen LogP contribution in [0.2, 0.25) is 0 Å². The van der Waals surface area contributed by atoms with E-state index in [1.807, 2.05) is 24.3 Å². The van der Waals surface area contributed by atoms with Gasteiger partial charge < -0.3 is 19.4 Å². The smallest absolute Gasteiger partial charge is 0.342 e. The highest BCUT2D eigenvalue weighted by Gasteiger charge is 2.21. The second-order valence-electron chi connectivity index (χ2n) is 6.52. The van der Waals surface area contributed by atoms with E-state index in [-0.39, 0.29) is 5.91 Å². The van der Waals surface area contributed by atoms with Gasteiger partial charge in [-0.15, -0.1) is 0 Å². The molecule has 1 amide bonds. The van der Waals surface area contributed by atoms with Crippen molar-refractivity contribution in [2.75, 3.05) is 23.3 Å². The molecule has 0 spiro atoms. The highest BCUT2D eigenvalue weighted by molar-refractivity contribution is 5.97. The van der Waals surface area contributed by atoms with E-state index in [4.69, 9.17) is 9.15 Å². The molecule has 1 N–H and O–H groups in total. The Kier molecular flexibility index (Phi) is 5.61. The predicted octanol–water partition coefficient (Wildman–Crippen LogP) is 3.76. The maximum atomic E-state index is 12.3. The minimum Gasteiger partial charge on any atom is -0.469 e. The van der Waals surface area contributed by atoms with Crippen LogP contribution in [0.1, 0.15) is 42.3 Å². The summed E-state index contributed by atoms with van der Waals surface area (Å²) in [4.78, 5) is 26.7. The van der Waals surface area contributed by atoms with Crippen molar-refractivity contribution in [1.29, 1.82) is 0 Å². The van der Waals surface area contributed by atoms with Crippen molar-refractivity contribution in [2.24, 2.45) is 0 Å². The van der Waals surface area contributed by atoms with Crippen LogP contribution in [0.25, 0.3) is 0 Å². The van der Waals surface area contributed by atoms with Crippen LogP contribution < -0.4 is 10.2 Å². The monoisotopic (exact) mass is 356 g/mol. The lowest BCUT2D eigenvalue weighted by atomic mass is 10.1. The Labute approximate surface area is 153 Å². The molecule has 0 radical (unpaired) electrons. The number of rotatable bonds is 5. The summed E-state index contributed by atoms with van der Waals surface area (Å²) < 4.78 is 10.3. The number of benzene rings is 1. The van der Waals surface area contributed by atoms with Gasteiger partial charge in [-0.1, -0.05) is 0 Å². The first-order chi connectivity index (χ1) is 12.5. The van der Waals surface area contributed by atoms with Gasteiger partial charge in [0.15, 0.2) is 6.10 Å². The summed E-state index contributed by atoms with van der Waals surface area (Å²) in [6.45, 7) is 5.37. The Balaban J connectivity index is 1.55. The normalized spacial score (nSPS) is 15.4. The van der Waals surface area contributed by atoms with E-state index in [1.165, 1.54) is 31.6 Å². The first kappa shape index (κ1) is 18.0. The van der Waals surface area contributed by atoms with Gasteiger partial charge in [-0.2, -0.15) is 0 Å². The Hall–Kier alpha value is -2.76. The van der Waals surface area contributed by atoms with Crippen molar-refractivity contribution in [3.8, 4) is 0 Å². The van der Waals surface area contributed by atoms with Gasteiger partial charge in [0.05, 0.1) is 6.26 Å². The third kappa shape index (κ3) is 4.25. The number of carbonyl (C=O) groups is 2. The van der Waals surface area contributed by atoms with Gasteiger partial charge in [0.1, 0.15) is 11.3 Å². The quantitative estimate of drug-likeness (QED) is 0.826. The van der Waals surface area contributed by atoms with E-state index in [0.717, 1.165) is 18.8 Å². The number of ether oxygens (including phenoxy) is 1. The van der Waals surface area contributed by atoms with Crippen molar-refractivity contribution < 1.29 is 18.7 Å². The van der Waals surface area contributed by atoms with Gasteiger partial charge in [-0.05, 0) is 63.4 Å². The summed E-state index contributed by atoms with van der Waals surface area (Å²) in [6.07, 6.45) is 4.24.